The molecule has 0 aliphatic heterocycles. The fraction of sp³-hybridized carbons (Fsp3) is 0.150. The number of phenolic OH excluding ortho intramolecular Hbond substituents is 2. The maximum Gasteiger partial charge on any atom is 0.253 e. The summed E-state index contributed by atoms with van der Waals surface area (Å²) in [5, 5.41) is 21.5. The Morgan fingerprint density at radius 2 is 1.70 bits per heavy atom. The second-order valence-corrected chi connectivity index (χ2v) is 6.05. The number of rotatable bonds is 6. The zero-order valence-electron chi connectivity index (χ0n) is 16.6. The zero-order valence-corrected chi connectivity index (χ0v) is 16.6. The third kappa shape index (κ3) is 3.83. The first-order valence-electron chi connectivity index (χ1n) is 8.68. The van der Waals surface area contributed by atoms with Crippen molar-refractivity contribution in [3.8, 4) is 51.1 Å². The zero-order chi connectivity index (χ0) is 21.8. The number of hydrogen-bond donors (Lipinski definition) is 4. The van der Waals surface area contributed by atoms with Crippen LogP contribution >= 0.6 is 0 Å². The van der Waals surface area contributed by atoms with E-state index in [0.717, 1.165) is 0 Å². The molecule has 1 aromatic heterocycles. The van der Waals surface area contributed by atoms with Gasteiger partial charge in [-0.25, -0.2) is 9.97 Å². The van der Waals surface area contributed by atoms with Gasteiger partial charge in [0.1, 0.15) is 11.5 Å². The Labute approximate surface area is 172 Å². The fourth-order valence-electron chi connectivity index (χ4n) is 2.91. The number of benzene rings is 2. The largest absolute Gasteiger partial charge is 0.507 e. The summed E-state index contributed by atoms with van der Waals surface area (Å²) >= 11 is 0. The fourth-order valence-corrected chi connectivity index (χ4v) is 2.91. The third-order valence-corrected chi connectivity index (χ3v) is 4.27. The highest BCUT2D eigenvalue weighted by molar-refractivity contribution is 5.89. The number of guanidine groups is 1. The number of aliphatic imine (C=N–C) groups is 1. The summed E-state index contributed by atoms with van der Waals surface area (Å²) in [6.45, 7) is 0. The number of methoxy groups -OCH3 is 3. The van der Waals surface area contributed by atoms with Crippen LogP contribution in [0.5, 0.6) is 28.7 Å². The Kier molecular flexibility index (Phi) is 5.77. The molecule has 1 heterocycles. The number of nitrogens with two attached hydrogens (primary N) is 2. The Morgan fingerprint density at radius 3 is 2.27 bits per heavy atom. The van der Waals surface area contributed by atoms with Crippen molar-refractivity contribution in [1.82, 2.24) is 9.97 Å². The predicted molar refractivity (Wildman–Crippen MR) is 111 cm³/mol. The molecule has 0 spiro atoms. The smallest absolute Gasteiger partial charge is 0.253 e. The quantitative estimate of drug-likeness (QED) is 0.352. The average molecular weight is 411 g/mol. The van der Waals surface area contributed by atoms with E-state index in [4.69, 9.17) is 25.7 Å². The van der Waals surface area contributed by atoms with Gasteiger partial charge in [0.15, 0.2) is 17.5 Å². The van der Waals surface area contributed by atoms with Gasteiger partial charge in [0.05, 0.1) is 32.6 Å². The van der Waals surface area contributed by atoms with E-state index in [1.54, 1.807) is 31.4 Å². The highest BCUT2D eigenvalue weighted by Gasteiger charge is 2.24. The van der Waals surface area contributed by atoms with E-state index in [-0.39, 0.29) is 46.2 Å². The molecule has 0 bridgehead atoms. The van der Waals surface area contributed by atoms with E-state index >= 15 is 0 Å². The van der Waals surface area contributed by atoms with Crippen molar-refractivity contribution < 1.29 is 24.4 Å². The lowest BCUT2D eigenvalue weighted by atomic mass is 9.98. The minimum absolute atomic E-state index is 0.00732. The molecule has 0 atom stereocenters. The Bertz CT molecular complexity index is 1100. The van der Waals surface area contributed by atoms with Crippen LogP contribution < -0.4 is 25.7 Å². The maximum absolute atomic E-state index is 10.8. The highest BCUT2D eigenvalue weighted by Crippen LogP contribution is 2.50. The van der Waals surface area contributed by atoms with Gasteiger partial charge in [-0.15, -0.1) is 0 Å². The summed E-state index contributed by atoms with van der Waals surface area (Å²) in [5.41, 5.74) is 12.3. The SMILES string of the molecule is COc1ccc(-c2cnc(N=C(N)N)nc2-c2c(O)cc(OC)c(OC)c2O)cc1. The van der Waals surface area contributed by atoms with Crippen molar-refractivity contribution >= 4 is 11.9 Å². The van der Waals surface area contributed by atoms with Crippen molar-refractivity contribution in [3.05, 3.63) is 36.5 Å². The van der Waals surface area contributed by atoms with Crippen molar-refractivity contribution in [3.63, 3.8) is 0 Å². The van der Waals surface area contributed by atoms with E-state index in [1.165, 1.54) is 26.5 Å². The van der Waals surface area contributed by atoms with Gasteiger partial charge in [-0.1, -0.05) is 12.1 Å². The van der Waals surface area contributed by atoms with E-state index in [1.807, 2.05) is 0 Å². The number of ether oxygens (including phenoxy) is 3. The van der Waals surface area contributed by atoms with E-state index in [0.29, 0.717) is 16.9 Å². The molecular weight excluding hydrogens is 390 g/mol. The van der Waals surface area contributed by atoms with Crippen LogP contribution in [0.4, 0.5) is 5.95 Å². The summed E-state index contributed by atoms with van der Waals surface area (Å²) < 4.78 is 15.6. The highest BCUT2D eigenvalue weighted by atomic mass is 16.5. The molecule has 6 N–H and O–H groups in total. The molecule has 0 unspecified atom stereocenters. The van der Waals surface area contributed by atoms with Gasteiger partial charge in [0, 0.05) is 17.8 Å². The summed E-state index contributed by atoms with van der Waals surface area (Å²) in [5.74, 6) is -0.0774. The van der Waals surface area contributed by atoms with Crippen molar-refractivity contribution in [1.29, 1.82) is 0 Å². The first-order chi connectivity index (χ1) is 14.4. The van der Waals surface area contributed by atoms with Gasteiger partial charge in [0.25, 0.3) is 5.95 Å². The topological polar surface area (TPSA) is 158 Å². The second kappa shape index (κ2) is 8.43. The number of aromatic nitrogens is 2. The standard InChI is InChI=1S/C20H21N5O5/c1-28-11-6-4-10(5-7-11)12-9-23-20(25-19(21)22)24-16(12)15-13(26)8-14(29-2)18(30-3)17(15)27/h4-9,26-27H,1-3H3,(H4,21,22,23,24,25). The summed E-state index contributed by atoms with van der Waals surface area (Å²) in [6, 6.07) is 8.41. The molecule has 0 radical (unpaired) electrons. The lowest BCUT2D eigenvalue weighted by Gasteiger charge is -2.16. The molecule has 0 saturated carbocycles. The molecule has 0 fully saturated rings. The van der Waals surface area contributed by atoms with Crippen LogP contribution in [0, 0.1) is 0 Å². The first-order valence-corrected chi connectivity index (χ1v) is 8.68. The van der Waals surface area contributed by atoms with Crippen LogP contribution in [0.1, 0.15) is 0 Å². The molecule has 0 amide bonds. The van der Waals surface area contributed by atoms with Crippen molar-refractivity contribution in [2.24, 2.45) is 16.5 Å². The van der Waals surface area contributed by atoms with Crippen LogP contribution in [-0.4, -0.2) is 47.5 Å². The van der Waals surface area contributed by atoms with E-state index in [2.05, 4.69) is 15.0 Å². The van der Waals surface area contributed by atoms with Crippen LogP contribution in [0.25, 0.3) is 22.4 Å². The molecule has 30 heavy (non-hydrogen) atoms. The average Bonchev–Trinajstić information content (AvgIpc) is 2.73. The van der Waals surface area contributed by atoms with Crippen LogP contribution in [0.15, 0.2) is 41.5 Å². The molecule has 0 saturated heterocycles. The number of aromatic hydroxyl groups is 2. The third-order valence-electron chi connectivity index (χ3n) is 4.27. The molecule has 0 aliphatic rings. The summed E-state index contributed by atoms with van der Waals surface area (Å²) in [7, 11) is 4.32. The summed E-state index contributed by atoms with van der Waals surface area (Å²) in [4.78, 5) is 12.4. The van der Waals surface area contributed by atoms with Gasteiger partial charge in [0.2, 0.25) is 5.75 Å². The van der Waals surface area contributed by atoms with Crippen LogP contribution in [-0.2, 0) is 0 Å². The molecule has 156 valence electrons. The number of nitrogens with zero attached hydrogens (tertiary/aromatic N) is 3. The van der Waals surface area contributed by atoms with Gasteiger partial charge in [-0.05, 0) is 17.7 Å². The van der Waals surface area contributed by atoms with Gasteiger partial charge in [-0.3, -0.25) is 0 Å². The Hall–Kier alpha value is -4.21. The van der Waals surface area contributed by atoms with Gasteiger partial charge >= 0.3 is 0 Å². The molecule has 0 aliphatic carbocycles. The molecule has 2 aromatic carbocycles. The monoisotopic (exact) mass is 411 g/mol. The first kappa shape index (κ1) is 20.5. The van der Waals surface area contributed by atoms with Crippen molar-refractivity contribution in [2.45, 2.75) is 0 Å². The molecule has 10 nitrogen and oxygen atoms in total. The van der Waals surface area contributed by atoms with E-state index < -0.39 is 0 Å². The number of phenols is 2. The number of hydrogen-bond acceptors (Lipinski definition) is 8. The molecule has 3 aromatic rings. The predicted octanol–water partition coefficient (Wildman–Crippen LogP) is 2.15. The molecule has 10 heteroatoms. The van der Waals surface area contributed by atoms with Crippen molar-refractivity contribution in [2.75, 3.05) is 21.3 Å². The molecular formula is C20H21N5O5. The van der Waals surface area contributed by atoms with Gasteiger partial charge < -0.3 is 35.9 Å². The summed E-state index contributed by atoms with van der Waals surface area (Å²) in [6.07, 6.45) is 1.49. The normalized spacial score (nSPS) is 10.4. The van der Waals surface area contributed by atoms with Gasteiger partial charge in [-0.2, -0.15) is 4.99 Å². The lowest BCUT2D eigenvalue weighted by molar-refractivity contribution is 0.330. The molecule has 3 rings (SSSR count). The lowest BCUT2D eigenvalue weighted by Crippen LogP contribution is -2.22. The Balaban J connectivity index is 2.32. The Morgan fingerprint density at radius 1 is 1.00 bits per heavy atom. The maximum atomic E-state index is 10.8. The van der Waals surface area contributed by atoms with Crippen LogP contribution in [0.3, 0.4) is 0 Å². The van der Waals surface area contributed by atoms with Crippen LogP contribution in [0.2, 0.25) is 0 Å². The minimum atomic E-state index is -0.363. The van der Waals surface area contributed by atoms with E-state index in [9.17, 15) is 10.2 Å². The minimum Gasteiger partial charge on any atom is -0.507 e. The second-order valence-electron chi connectivity index (χ2n) is 6.05.